The van der Waals surface area contributed by atoms with Crippen molar-refractivity contribution in [1.29, 1.82) is 0 Å². The van der Waals surface area contributed by atoms with Crippen molar-refractivity contribution in [1.82, 2.24) is 0 Å². The zero-order valence-electron chi connectivity index (χ0n) is 7.77. The molecule has 5 nitrogen and oxygen atoms in total. The molecule has 0 aromatic heterocycles. The molecule has 0 unspecified atom stereocenters. The fraction of sp³-hybridized carbons (Fsp3) is 0.222. The number of hydrogen-bond acceptors (Lipinski definition) is 4. The zero-order chi connectivity index (χ0) is 10.6. The van der Waals surface area contributed by atoms with Gasteiger partial charge in [-0.1, -0.05) is 11.2 Å². The molecule has 14 heavy (non-hydrogen) atoms. The second kappa shape index (κ2) is 4.36. The molecule has 1 aromatic carbocycles. The average Bonchev–Trinajstić information content (AvgIpc) is 2.20. The van der Waals surface area contributed by atoms with E-state index in [2.05, 4.69) is 5.16 Å². The maximum absolute atomic E-state index is 9.29. The summed E-state index contributed by atoms with van der Waals surface area (Å²) in [7, 11) is 1.46. The minimum Gasteiger partial charge on any atom is -0.504 e. The number of nitrogens with two attached hydrogens (primary N) is 1. The summed E-state index contributed by atoms with van der Waals surface area (Å²) in [6, 6.07) is 4.81. The minimum atomic E-state index is 0.0655. The fourth-order valence-corrected chi connectivity index (χ4v) is 1.08. The van der Waals surface area contributed by atoms with Gasteiger partial charge in [0.2, 0.25) is 0 Å². The van der Waals surface area contributed by atoms with E-state index in [0.717, 1.165) is 5.56 Å². The molecule has 0 radical (unpaired) electrons. The van der Waals surface area contributed by atoms with Crippen molar-refractivity contribution >= 4 is 5.84 Å². The zero-order valence-corrected chi connectivity index (χ0v) is 7.77. The number of hydrogen-bond donors (Lipinski definition) is 3. The standard InChI is InChI=1S/C9H12N2O3/c1-14-8-4-6(2-3-7(8)12)5-9(10)11-13/h2-4,12-13H,5H2,1H3,(H2,10,11). The van der Waals surface area contributed by atoms with Crippen LogP contribution in [0.2, 0.25) is 0 Å². The molecule has 0 heterocycles. The van der Waals surface area contributed by atoms with Gasteiger partial charge in [-0.2, -0.15) is 0 Å². The highest BCUT2D eigenvalue weighted by Gasteiger charge is 2.03. The summed E-state index contributed by atoms with van der Waals surface area (Å²) in [5.74, 6) is 0.543. The number of benzene rings is 1. The van der Waals surface area contributed by atoms with Gasteiger partial charge in [0, 0.05) is 6.42 Å². The van der Waals surface area contributed by atoms with E-state index in [-0.39, 0.29) is 11.6 Å². The summed E-state index contributed by atoms with van der Waals surface area (Å²) in [6.45, 7) is 0. The lowest BCUT2D eigenvalue weighted by Crippen LogP contribution is -2.14. The summed E-state index contributed by atoms with van der Waals surface area (Å²) in [5.41, 5.74) is 6.13. The van der Waals surface area contributed by atoms with Gasteiger partial charge in [0.1, 0.15) is 5.84 Å². The number of aromatic hydroxyl groups is 1. The topological polar surface area (TPSA) is 88.1 Å². The molecule has 4 N–H and O–H groups in total. The number of ether oxygens (including phenoxy) is 1. The summed E-state index contributed by atoms with van der Waals surface area (Å²) in [6.07, 6.45) is 0.313. The van der Waals surface area contributed by atoms with Crippen molar-refractivity contribution in [2.75, 3.05) is 7.11 Å². The molecule has 0 spiro atoms. The first-order valence-electron chi connectivity index (χ1n) is 3.99. The molecule has 0 saturated heterocycles. The molecule has 0 aliphatic heterocycles. The number of methoxy groups -OCH3 is 1. The maximum Gasteiger partial charge on any atom is 0.160 e. The van der Waals surface area contributed by atoms with Gasteiger partial charge in [0.25, 0.3) is 0 Å². The highest BCUT2D eigenvalue weighted by atomic mass is 16.5. The summed E-state index contributed by atoms with van der Waals surface area (Å²) in [4.78, 5) is 0. The Balaban J connectivity index is 2.90. The molecule has 0 aliphatic rings. The molecular formula is C9H12N2O3. The molecule has 0 bridgehead atoms. The summed E-state index contributed by atoms with van der Waals surface area (Å²) >= 11 is 0. The van der Waals surface area contributed by atoms with Crippen LogP contribution in [0.25, 0.3) is 0 Å². The molecule has 0 aliphatic carbocycles. The van der Waals surface area contributed by atoms with Crippen LogP contribution in [0.1, 0.15) is 5.56 Å². The Morgan fingerprint density at radius 2 is 2.29 bits per heavy atom. The molecule has 0 fully saturated rings. The molecule has 0 saturated carbocycles. The van der Waals surface area contributed by atoms with Crippen LogP contribution in [-0.2, 0) is 6.42 Å². The van der Waals surface area contributed by atoms with E-state index in [1.165, 1.54) is 13.2 Å². The van der Waals surface area contributed by atoms with Crippen LogP contribution in [-0.4, -0.2) is 23.3 Å². The largest absolute Gasteiger partial charge is 0.504 e. The van der Waals surface area contributed by atoms with Crippen LogP contribution in [0.5, 0.6) is 11.5 Å². The first kappa shape index (κ1) is 10.2. The predicted molar refractivity (Wildman–Crippen MR) is 51.8 cm³/mol. The van der Waals surface area contributed by atoms with Gasteiger partial charge < -0.3 is 20.8 Å². The first-order chi connectivity index (χ1) is 6.67. The average molecular weight is 196 g/mol. The van der Waals surface area contributed by atoms with Crippen LogP contribution in [0, 0.1) is 0 Å². The monoisotopic (exact) mass is 196 g/mol. The van der Waals surface area contributed by atoms with Gasteiger partial charge in [-0.15, -0.1) is 0 Å². The third-order valence-electron chi connectivity index (χ3n) is 1.76. The van der Waals surface area contributed by atoms with Gasteiger partial charge in [0.05, 0.1) is 7.11 Å². The van der Waals surface area contributed by atoms with E-state index in [0.29, 0.717) is 12.2 Å². The number of nitrogens with zero attached hydrogens (tertiary/aromatic N) is 1. The molecular weight excluding hydrogens is 184 g/mol. The van der Waals surface area contributed by atoms with Crippen LogP contribution < -0.4 is 10.5 Å². The van der Waals surface area contributed by atoms with E-state index < -0.39 is 0 Å². The van der Waals surface area contributed by atoms with Crippen molar-refractivity contribution < 1.29 is 15.1 Å². The first-order valence-corrected chi connectivity index (χ1v) is 3.99. The molecule has 0 atom stereocenters. The Hall–Kier alpha value is -1.91. The lowest BCUT2D eigenvalue weighted by Gasteiger charge is -2.05. The lowest BCUT2D eigenvalue weighted by atomic mass is 10.1. The van der Waals surface area contributed by atoms with Gasteiger partial charge >= 0.3 is 0 Å². The van der Waals surface area contributed by atoms with Crippen molar-refractivity contribution in [3.63, 3.8) is 0 Å². The van der Waals surface area contributed by atoms with E-state index in [1.807, 2.05) is 0 Å². The van der Waals surface area contributed by atoms with Crippen LogP contribution in [0.3, 0.4) is 0 Å². The maximum atomic E-state index is 9.29. The van der Waals surface area contributed by atoms with Crippen molar-refractivity contribution in [2.45, 2.75) is 6.42 Å². The molecule has 1 rings (SSSR count). The normalized spacial score (nSPS) is 11.4. The highest BCUT2D eigenvalue weighted by Crippen LogP contribution is 2.26. The Bertz CT molecular complexity index is 350. The number of phenols is 1. The molecule has 1 aromatic rings. The SMILES string of the molecule is COc1cc(CC(N)=NO)ccc1O. The molecule has 0 amide bonds. The number of phenolic OH excluding ortho intramolecular Hbond substituents is 1. The number of amidine groups is 1. The van der Waals surface area contributed by atoms with Crippen molar-refractivity contribution in [3.05, 3.63) is 23.8 Å². The third kappa shape index (κ3) is 2.29. The van der Waals surface area contributed by atoms with Gasteiger partial charge in [-0.05, 0) is 17.7 Å². The smallest absolute Gasteiger partial charge is 0.160 e. The van der Waals surface area contributed by atoms with E-state index >= 15 is 0 Å². The number of oxime groups is 1. The van der Waals surface area contributed by atoms with Gasteiger partial charge in [-0.25, -0.2) is 0 Å². The minimum absolute atomic E-state index is 0.0655. The van der Waals surface area contributed by atoms with Crippen LogP contribution in [0.4, 0.5) is 0 Å². The van der Waals surface area contributed by atoms with E-state index in [4.69, 9.17) is 15.7 Å². The molecule has 5 heteroatoms. The highest BCUT2D eigenvalue weighted by molar-refractivity contribution is 5.82. The predicted octanol–water partition coefficient (Wildman–Crippen LogP) is 0.690. The Kier molecular flexibility index (Phi) is 3.17. The second-order valence-corrected chi connectivity index (χ2v) is 2.77. The molecule has 76 valence electrons. The van der Waals surface area contributed by atoms with Gasteiger partial charge in [0.15, 0.2) is 11.5 Å². The van der Waals surface area contributed by atoms with E-state index in [9.17, 15) is 5.11 Å². The van der Waals surface area contributed by atoms with Crippen molar-refractivity contribution in [3.8, 4) is 11.5 Å². The van der Waals surface area contributed by atoms with E-state index in [1.54, 1.807) is 12.1 Å². The Morgan fingerprint density at radius 3 is 2.86 bits per heavy atom. The van der Waals surface area contributed by atoms with Crippen molar-refractivity contribution in [2.24, 2.45) is 10.9 Å². The third-order valence-corrected chi connectivity index (χ3v) is 1.76. The lowest BCUT2D eigenvalue weighted by molar-refractivity contribution is 0.317. The quantitative estimate of drug-likeness (QED) is 0.287. The fourth-order valence-electron chi connectivity index (χ4n) is 1.08. The van der Waals surface area contributed by atoms with Crippen LogP contribution in [0.15, 0.2) is 23.4 Å². The van der Waals surface area contributed by atoms with Gasteiger partial charge in [-0.3, -0.25) is 0 Å². The van der Waals surface area contributed by atoms with Crippen LogP contribution >= 0.6 is 0 Å². The number of rotatable bonds is 3. The summed E-state index contributed by atoms with van der Waals surface area (Å²) < 4.78 is 4.91. The Labute approximate surface area is 81.4 Å². The second-order valence-electron chi connectivity index (χ2n) is 2.77. The summed E-state index contributed by atoms with van der Waals surface area (Å²) in [5, 5.41) is 20.5. The Morgan fingerprint density at radius 1 is 1.57 bits per heavy atom.